The van der Waals surface area contributed by atoms with Gasteiger partial charge in [-0.25, -0.2) is 9.97 Å². The Morgan fingerprint density at radius 3 is 2.46 bits per heavy atom. The van der Waals surface area contributed by atoms with Gasteiger partial charge < -0.3 is 0 Å². The van der Waals surface area contributed by atoms with Gasteiger partial charge in [0.1, 0.15) is 6.33 Å². The third kappa shape index (κ3) is 2.41. The van der Waals surface area contributed by atoms with Crippen LogP contribution in [0.25, 0.3) is 0 Å². The third-order valence-corrected chi connectivity index (χ3v) is 2.70. The Labute approximate surface area is 84.4 Å². The summed E-state index contributed by atoms with van der Waals surface area (Å²) < 4.78 is 0. The largest absolute Gasteiger partial charge is 0.243 e. The molecule has 0 aliphatic heterocycles. The van der Waals surface area contributed by atoms with Gasteiger partial charge >= 0.3 is 0 Å². The molecule has 0 saturated heterocycles. The lowest BCUT2D eigenvalue weighted by atomic mass is 9.80. The van der Waals surface area contributed by atoms with Gasteiger partial charge in [-0.2, -0.15) is 0 Å². The van der Waals surface area contributed by atoms with Crippen LogP contribution >= 0.6 is 11.6 Å². The molecular weight excluding hydrogens is 184 g/mol. The molecule has 0 spiro atoms. The second-order valence-corrected chi connectivity index (χ2v) is 4.75. The first kappa shape index (κ1) is 10.5. The van der Waals surface area contributed by atoms with E-state index in [-0.39, 0.29) is 5.41 Å². The van der Waals surface area contributed by atoms with Crippen molar-refractivity contribution in [1.82, 2.24) is 9.97 Å². The molecule has 0 saturated carbocycles. The fourth-order valence-corrected chi connectivity index (χ4v) is 1.32. The normalized spacial score (nSPS) is 14.2. The minimum atomic E-state index is 0.179. The van der Waals surface area contributed by atoms with Crippen molar-refractivity contribution >= 4 is 11.6 Å². The van der Waals surface area contributed by atoms with Crippen LogP contribution in [0.5, 0.6) is 0 Å². The molecule has 1 atom stereocenters. The fourth-order valence-electron chi connectivity index (χ4n) is 1.05. The predicted molar refractivity (Wildman–Crippen MR) is 54.9 cm³/mol. The minimum Gasteiger partial charge on any atom is -0.243 e. The van der Waals surface area contributed by atoms with Crippen molar-refractivity contribution in [1.29, 1.82) is 0 Å². The maximum absolute atomic E-state index is 6.00. The summed E-state index contributed by atoms with van der Waals surface area (Å²) in [5.41, 5.74) is 1.11. The van der Waals surface area contributed by atoms with Gasteiger partial charge in [0.2, 0.25) is 0 Å². The van der Waals surface area contributed by atoms with Crippen molar-refractivity contribution in [2.24, 2.45) is 5.41 Å². The van der Waals surface area contributed by atoms with E-state index in [9.17, 15) is 0 Å². The topological polar surface area (TPSA) is 25.8 Å². The molecule has 0 radical (unpaired) electrons. The molecule has 1 rings (SSSR count). The molecule has 1 aromatic rings. The van der Waals surface area contributed by atoms with Gasteiger partial charge in [0, 0.05) is 12.1 Å². The molecule has 0 aromatic carbocycles. The molecule has 1 unspecified atom stereocenters. The molecule has 2 nitrogen and oxygen atoms in total. The van der Waals surface area contributed by atoms with Crippen molar-refractivity contribution in [3.8, 4) is 0 Å². The van der Waals surface area contributed by atoms with Gasteiger partial charge in [-0.1, -0.05) is 39.3 Å². The third-order valence-electron chi connectivity index (χ3n) is 2.41. The maximum Gasteiger partial charge on any atom is 0.115 e. The van der Waals surface area contributed by atoms with Gasteiger partial charge in [-0.05, 0) is 5.41 Å². The monoisotopic (exact) mass is 198 g/mol. The second kappa shape index (κ2) is 3.62. The summed E-state index contributed by atoms with van der Waals surface area (Å²) >= 11 is 6.00. The molecule has 0 bridgehead atoms. The average Bonchev–Trinajstić information content (AvgIpc) is 2.02. The molecule has 1 aromatic heterocycles. The van der Waals surface area contributed by atoms with E-state index in [2.05, 4.69) is 37.7 Å². The molecule has 72 valence electrons. The zero-order valence-corrected chi connectivity index (χ0v) is 9.26. The van der Waals surface area contributed by atoms with Crippen LogP contribution in [0, 0.1) is 5.41 Å². The first-order chi connectivity index (χ1) is 5.93. The van der Waals surface area contributed by atoms with Crippen molar-refractivity contribution in [3.63, 3.8) is 0 Å². The van der Waals surface area contributed by atoms with E-state index in [1.807, 2.05) is 0 Å². The summed E-state index contributed by atoms with van der Waals surface area (Å²) in [6, 6.07) is 0. The maximum atomic E-state index is 6.00. The van der Waals surface area contributed by atoms with E-state index in [0.29, 0.717) is 10.9 Å². The highest BCUT2D eigenvalue weighted by atomic mass is 35.5. The molecule has 3 heteroatoms. The summed E-state index contributed by atoms with van der Waals surface area (Å²) in [6.07, 6.45) is 3.19. The lowest BCUT2D eigenvalue weighted by molar-refractivity contribution is 0.334. The molecule has 1 heterocycles. The van der Waals surface area contributed by atoms with E-state index >= 15 is 0 Å². The van der Waals surface area contributed by atoms with Crippen LogP contribution in [-0.2, 0) is 0 Å². The fraction of sp³-hybridized carbons (Fsp3) is 0.600. The number of hydrogen-bond donors (Lipinski definition) is 0. The van der Waals surface area contributed by atoms with E-state index in [1.165, 1.54) is 0 Å². The Morgan fingerprint density at radius 2 is 2.00 bits per heavy atom. The highest BCUT2D eigenvalue weighted by Crippen LogP contribution is 2.35. The first-order valence-corrected chi connectivity index (χ1v) is 4.76. The van der Waals surface area contributed by atoms with Crippen molar-refractivity contribution in [3.05, 3.63) is 23.2 Å². The Balaban J connectivity index is 3.02. The van der Waals surface area contributed by atoms with Crippen LogP contribution in [0.3, 0.4) is 0 Å². The van der Waals surface area contributed by atoms with Crippen LogP contribution in [0.15, 0.2) is 12.5 Å². The first-order valence-electron chi connectivity index (χ1n) is 4.38. The Morgan fingerprint density at radius 1 is 1.38 bits per heavy atom. The van der Waals surface area contributed by atoms with Crippen molar-refractivity contribution in [2.75, 3.05) is 0 Å². The van der Waals surface area contributed by atoms with Gasteiger partial charge in [0.25, 0.3) is 0 Å². The van der Waals surface area contributed by atoms with E-state index in [0.717, 1.165) is 5.69 Å². The summed E-state index contributed by atoms with van der Waals surface area (Å²) in [6.45, 7) is 8.66. The van der Waals surface area contributed by atoms with Crippen LogP contribution in [0.1, 0.15) is 39.3 Å². The van der Waals surface area contributed by atoms with Crippen molar-refractivity contribution < 1.29 is 0 Å². The average molecular weight is 199 g/mol. The van der Waals surface area contributed by atoms with E-state index in [4.69, 9.17) is 11.6 Å². The summed E-state index contributed by atoms with van der Waals surface area (Å²) in [5.74, 6) is 0.336. The van der Waals surface area contributed by atoms with Crippen molar-refractivity contribution in [2.45, 2.75) is 33.6 Å². The van der Waals surface area contributed by atoms with E-state index < -0.39 is 0 Å². The lowest BCUT2D eigenvalue weighted by Crippen LogP contribution is -2.16. The SMILES string of the molecule is CC(c1ncncc1Cl)C(C)(C)C. The molecule has 0 aliphatic carbocycles. The number of nitrogens with zero attached hydrogens (tertiary/aromatic N) is 2. The summed E-state index contributed by atoms with van der Waals surface area (Å²) in [5, 5.41) is 0.657. The molecule has 0 aliphatic rings. The zero-order valence-electron chi connectivity index (χ0n) is 8.50. The number of halogens is 1. The molecule has 0 fully saturated rings. The predicted octanol–water partition coefficient (Wildman–Crippen LogP) is 3.28. The number of hydrogen-bond acceptors (Lipinski definition) is 2. The molecule has 0 N–H and O–H groups in total. The van der Waals surface area contributed by atoms with Crippen LogP contribution in [0.4, 0.5) is 0 Å². The minimum absolute atomic E-state index is 0.179. The lowest BCUT2D eigenvalue weighted by Gasteiger charge is -2.26. The second-order valence-electron chi connectivity index (χ2n) is 4.34. The van der Waals surface area contributed by atoms with Crippen LogP contribution in [-0.4, -0.2) is 9.97 Å². The van der Waals surface area contributed by atoms with Gasteiger partial charge in [-0.15, -0.1) is 0 Å². The van der Waals surface area contributed by atoms with Gasteiger partial charge in [0.05, 0.1) is 10.7 Å². The standard InChI is InChI=1S/C10H15ClN2/c1-7(10(2,3)4)9-8(11)5-12-6-13-9/h5-7H,1-4H3. The molecule has 0 amide bonds. The van der Waals surface area contributed by atoms with E-state index in [1.54, 1.807) is 12.5 Å². The number of rotatable bonds is 1. The summed E-state index contributed by atoms with van der Waals surface area (Å²) in [4.78, 5) is 8.07. The Kier molecular flexibility index (Phi) is 2.91. The molecular formula is C10H15ClN2. The smallest absolute Gasteiger partial charge is 0.115 e. The summed E-state index contributed by atoms with van der Waals surface area (Å²) in [7, 11) is 0. The van der Waals surface area contributed by atoms with Gasteiger partial charge in [-0.3, -0.25) is 0 Å². The van der Waals surface area contributed by atoms with Crippen LogP contribution in [0.2, 0.25) is 5.02 Å². The quantitative estimate of drug-likeness (QED) is 0.692. The van der Waals surface area contributed by atoms with Gasteiger partial charge in [0.15, 0.2) is 0 Å². The van der Waals surface area contributed by atoms with Crippen LogP contribution < -0.4 is 0 Å². The highest BCUT2D eigenvalue weighted by Gasteiger charge is 2.24. The Hall–Kier alpha value is -0.630. The molecule has 13 heavy (non-hydrogen) atoms. The zero-order chi connectivity index (χ0) is 10.1. The Bertz CT molecular complexity index is 291. The highest BCUT2D eigenvalue weighted by molar-refractivity contribution is 6.31. The number of aromatic nitrogens is 2.